The van der Waals surface area contributed by atoms with E-state index in [9.17, 15) is 4.79 Å². The van der Waals surface area contributed by atoms with E-state index in [1.807, 2.05) is 59.3 Å². The lowest BCUT2D eigenvalue weighted by Gasteiger charge is -2.29. The fraction of sp³-hybridized carbons (Fsp3) is 0.222. The smallest absolute Gasteiger partial charge is 0.258 e. The van der Waals surface area contributed by atoms with Gasteiger partial charge < -0.3 is 4.57 Å². The number of rotatable bonds is 7. The van der Waals surface area contributed by atoms with E-state index in [1.165, 1.54) is 5.56 Å². The third-order valence-corrected chi connectivity index (χ3v) is 5.80. The second-order valence-electron chi connectivity index (χ2n) is 7.81. The second-order valence-corrected chi connectivity index (χ2v) is 7.81. The van der Waals surface area contributed by atoms with Crippen molar-refractivity contribution in [3.8, 4) is 11.1 Å². The molecule has 0 amide bonds. The molecule has 0 radical (unpaired) electrons. The van der Waals surface area contributed by atoms with Crippen LogP contribution in [0.1, 0.15) is 19.4 Å². The van der Waals surface area contributed by atoms with Crippen molar-refractivity contribution in [1.29, 1.82) is 0 Å². The zero-order chi connectivity index (χ0) is 20.9. The fourth-order valence-electron chi connectivity index (χ4n) is 4.12. The molecule has 0 aliphatic heterocycles. The lowest BCUT2D eigenvalue weighted by atomic mass is 10.0. The highest BCUT2D eigenvalue weighted by molar-refractivity contribution is 5.95. The molecule has 3 nitrogen and oxygen atoms in total. The summed E-state index contributed by atoms with van der Waals surface area (Å²) in [6, 6.07) is 29.0. The van der Waals surface area contributed by atoms with Crippen molar-refractivity contribution in [2.75, 3.05) is 6.54 Å². The quantitative estimate of drug-likeness (QED) is 0.407. The van der Waals surface area contributed by atoms with Gasteiger partial charge in [0.15, 0.2) is 0 Å². The first-order valence-electron chi connectivity index (χ1n) is 10.6. The summed E-state index contributed by atoms with van der Waals surface area (Å²) in [7, 11) is 0. The molecule has 1 aromatic heterocycles. The molecule has 0 spiro atoms. The van der Waals surface area contributed by atoms with E-state index < -0.39 is 0 Å². The highest BCUT2D eigenvalue weighted by atomic mass is 16.1. The van der Waals surface area contributed by atoms with E-state index in [-0.39, 0.29) is 11.6 Å². The van der Waals surface area contributed by atoms with Gasteiger partial charge in [-0.25, -0.2) is 0 Å². The lowest BCUT2D eigenvalue weighted by molar-refractivity contribution is 0.191. The molecule has 1 atom stereocenters. The van der Waals surface area contributed by atoms with Crippen LogP contribution in [-0.4, -0.2) is 22.1 Å². The van der Waals surface area contributed by atoms with Gasteiger partial charge in [0.1, 0.15) is 0 Å². The highest BCUT2D eigenvalue weighted by Crippen LogP contribution is 2.26. The summed E-state index contributed by atoms with van der Waals surface area (Å²) in [6.07, 6.45) is 2.03. The Morgan fingerprint density at radius 2 is 1.43 bits per heavy atom. The highest BCUT2D eigenvalue weighted by Gasteiger charge is 2.16. The zero-order valence-electron chi connectivity index (χ0n) is 17.7. The van der Waals surface area contributed by atoms with Crippen LogP contribution in [-0.2, 0) is 13.1 Å². The molecule has 4 aromatic rings. The van der Waals surface area contributed by atoms with E-state index >= 15 is 0 Å². The first-order valence-corrected chi connectivity index (χ1v) is 10.6. The molecule has 0 saturated carbocycles. The predicted molar refractivity (Wildman–Crippen MR) is 126 cm³/mol. The molecule has 3 heteroatoms. The van der Waals surface area contributed by atoms with E-state index in [0.717, 1.165) is 35.0 Å². The SMILES string of the molecule is CCN(Cc1ccccc1)C(C)Cn1cc(-c2ccccc2)c2ccccc2c1=O. The maximum absolute atomic E-state index is 13.3. The summed E-state index contributed by atoms with van der Waals surface area (Å²) in [5.74, 6) is 0. The Kier molecular flexibility index (Phi) is 6.10. The number of likely N-dealkylation sites (N-methyl/N-ethyl adjacent to an activating group) is 1. The number of nitrogens with zero attached hydrogens (tertiary/aromatic N) is 2. The van der Waals surface area contributed by atoms with Crippen LogP contribution in [0.15, 0.2) is 95.9 Å². The molecule has 0 aliphatic carbocycles. The van der Waals surface area contributed by atoms with Gasteiger partial charge >= 0.3 is 0 Å². The molecular weight excluding hydrogens is 368 g/mol. The van der Waals surface area contributed by atoms with E-state index in [1.54, 1.807) is 0 Å². The van der Waals surface area contributed by atoms with Crippen LogP contribution in [0.25, 0.3) is 21.9 Å². The topological polar surface area (TPSA) is 25.2 Å². The van der Waals surface area contributed by atoms with Crippen LogP contribution in [0.3, 0.4) is 0 Å². The standard InChI is InChI=1S/C27H28N2O/c1-3-28(19-22-12-6-4-7-13-22)21(2)18-29-20-26(23-14-8-5-9-15-23)24-16-10-11-17-25(24)27(29)30/h4-17,20-21H,3,18-19H2,1-2H3. The molecule has 0 N–H and O–H groups in total. The molecule has 152 valence electrons. The van der Waals surface area contributed by atoms with Crippen LogP contribution in [0, 0.1) is 0 Å². The molecular formula is C27H28N2O. The Bertz CT molecular complexity index is 1170. The van der Waals surface area contributed by atoms with Crippen molar-refractivity contribution in [1.82, 2.24) is 9.47 Å². The van der Waals surface area contributed by atoms with Gasteiger partial charge in [-0.05, 0) is 36.0 Å². The second kappa shape index (κ2) is 9.10. The van der Waals surface area contributed by atoms with Gasteiger partial charge in [-0.2, -0.15) is 0 Å². The molecule has 1 unspecified atom stereocenters. The average molecular weight is 397 g/mol. The zero-order valence-corrected chi connectivity index (χ0v) is 17.7. The van der Waals surface area contributed by atoms with Crippen LogP contribution in [0.2, 0.25) is 0 Å². The average Bonchev–Trinajstić information content (AvgIpc) is 2.80. The number of aromatic nitrogens is 1. The Balaban J connectivity index is 1.70. The molecule has 0 fully saturated rings. The monoisotopic (exact) mass is 396 g/mol. The van der Waals surface area contributed by atoms with Gasteiger partial charge in [0.2, 0.25) is 0 Å². The number of fused-ring (bicyclic) bond motifs is 1. The summed E-state index contributed by atoms with van der Waals surface area (Å²) in [4.78, 5) is 15.7. The fourth-order valence-corrected chi connectivity index (χ4v) is 4.12. The minimum Gasteiger partial charge on any atom is -0.313 e. The molecule has 4 rings (SSSR count). The molecule has 30 heavy (non-hydrogen) atoms. The molecule has 0 bridgehead atoms. The number of pyridine rings is 1. The Morgan fingerprint density at radius 3 is 2.10 bits per heavy atom. The number of hydrogen-bond acceptors (Lipinski definition) is 2. The summed E-state index contributed by atoms with van der Waals surface area (Å²) in [5.41, 5.74) is 3.60. The summed E-state index contributed by atoms with van der Waals surface area (Å²) >= 11 is 0. The van der Waals surface area contributed by atoms with Gasteiger partial charge in [0, 0.05) is 36.3 Å². The first-order chi connectivity index (χ1) is 14.7. The minimum absolute atomic E-state index is 0.0768. The molecule has 0 aliphatic rings. The van der Waals surface area contributed by atoms with Crippen molar-refractivity contribution in [3.63, 3.8) is 0 Å². The Hall–Kier alpha value is -3.17. The van der Waals surface area contributed by atoms with Crippen molar-refractivity contribution >= 4 is 10.8 Å². The van der Waals surface area contributed by atoms with E-state index in [2.05, 4.69) is 55.1 Å². The van der Waals surface area contributed by atoms with Crippen molar-refractivity contribution in [2.45, 2.75) is 33.0 Å². The third kappa shape index (κ3) is 4.22. The minimum atomic E-state index is 0.0768. The van der Waals surface area contributed by atoms with Crippen molar-refractivity contribution < 1.29 is 0 Å². The Morgan fingerprint density at radius 1 is 0.833 bits per heavy atom. The lowest BCUT2D eigenvalue weighted by Crippen LogP contribution is -2.38. The normalized spacial score (nSPS) is 12.4. The van der Waals surface area contributed by atoms with E-state index in [0.29, 0.717) is 6.54 Å². The van der Waals surface area contributed by atoms with Crippen molar-refractivity contribution in [3.05, 3.63) is 107 Å². The molecule has 0 saturated heterocycles. The van der Waals surface area contributed by atoms with Gasteiger partial charge in [0.25, 0.3) is 5.56 Å². The van der Waals surface area contributed by atoms with Crippen LogP contribution < -0.4 is 5.56 Å². The van der Waals surface area contributed by atoms with Gasteiger partial charge in [-0.1, -0.05) is 85.8 Å². The summed E-state index contributed by atoms with van der Waals surface area (Å²) in [5, 5.41) is 1.78. The van der Waals surface area contributed by atoms with Gasteiger partial charge in [-0.3, -0.25) is 9.69 Å². The van der Waals surface area contributed by atoms with Crippen LogP contribution >= 0.6 is 0 Å². The summed E-state index contributed by atoms with van der Waals surface area (Å²) < 4.78 is 1.89. The molecule has 1 heterocycles. The third-order valence-electron chi connectivity index (χ3n) is 5.80. The predicted octanol–water partition coefficient (Wildman–Crippen LogP) is 5.58. The van der Waals surface area contributed by atoms with Crippen LogP contribution in [0.5, 0.6) is 0 Å². The Labute approximate surface area is 178 Å². The largest absolute Gasteiger partial charge is 0.313 e. The summed E-state index contributed by atoms with van der Waals surface area (Å²) in [6.45, 7) is 6.86. The van der Waals surface area contributed by atoms with Gasteiger partial charge in [-0.15, -0.1) is 0 Å². The maximum Gasteiger partial charge on any atom is 0.258 e. The maximum atomic E-state index is 13.3. The number of benzene rings is 3. The first kappa shape index (κ1) is 20.1. The van der Waals surface area contributed by atoms with E-state index in [4.69, 9.17) is 0 Å². The molecule has 3 aromatic carbocycles. The number of hydrogen-bond donors (Lipinski definition) is 0. The van der Waals surface area contributed by atoms with Crippen molar-refractivity contribution in [2.24, 2.45) is 0 Å². The van der Waals surface area contributed by atoms with Gasteiger partial charge in [0.05, 0.1) is 0 Å². The van der Waals surface area contributed by atoms with Crippen LogP contribution in [0.4, 0.5) is 0 Å².